The minimum atomic E-state index is -1.09. The van der Waals surface area contributed by atoms with Crippen molar-refractivity contribution in [2.24, 2.45) is 0 Å². The molecule has 0 heterocycles. The molecule has 2 rings (SSSR count). The van der Waals surface area contributed by atoms with E-state index in [2.05, 4.69) is 10.6 Å². The highest BCUT2D eigenvalue weighted by Gasteiger charge is 2.10. The first-order chi connectivity index (χ1) is 9.97. The maximum atomic E-state index is 13.4. The summed E-state index contributed by atoms with van der Waals surface area (Å²) in [6.07, 6.45) is 0. The SMILES string of the molecule is Cc1ccc(C(=O)O)cc1NC(=O)Nc1ccccc1F. The zero-order valence-corrected chi connectivity index (χ0v) is 11.2. The van der Waals surface area contributed by atoms with Gasteiger partial charge in [0.15, 0.2) is 0 Å². The Bertz CT molecular complexity index is 701. The number of urea groups is 1. The normalized spacial score (nSPS) is 10.0. The Labute approximate surface area is 120 Å². The van der Waals surface area contributed by atoms with Crippen LogP contribution in [-0.2, 0) is 0 Å². The lowest BCUT2D eigenvalue weighted by atomic mass is 10.1. The molecule has 6 heteroatoms. The number of carbonyl (C=O) groups is 2. The lowest BCUT2D eigenvalue weighted by molar-refractivity contribution is 0.0697. The number of nitrogens with one attached hydrogen (secondary N) is 2. The number of hydrogen-bond acceptors (Lipinski definition) is 2. The van der Waals surface area contributed by atoms with Crippen LogP contribution in [0.25, 0.3) is 0 Å². The van der Waals surface area contributed by atoms with E-state index in [1.165, 1.54) is 30.3 Å². The van der Waals surface area contributed by atoms with Crippen molar-refractivity contribution >= 4 is 23.4 Å². The van der Waals surface area contributed by atoms with E-state index in [1.807, 2.05) is 0 Å². The molecule has 21 heavy (non-hydrogen) atoms. The number of aromatic carboxylic acids is 1. The number of hydrogen-bond donors (Lipinski definition) is 3. The molecular weight excluding hydrogens is 275 g/mol. The van der Waals surface area contributed by atoms with Gasteiger partial charge in [0.2, 0.25) is 0 Å². The maximum absolute atomic E-state index is 13.4. The third-order valence-electron chi connectivity index (χ3n) is 2.85. The molecule has 0 aromatic heterocycles. The number of carboxylic acid groups (broad SMARTS) is 1. The summed E-state index contributed by atoms with van der Waals surface area (Å²) in [6, 6.07) is 9.49. The molecule has 0 spiro atoms. The lowest BCUT2D eigenvalue weighted by Gasteiger charge is -2.11. The van der Waals surface area contributed by atoms with E-state index in [0.717, 1.165) is 0 Å². The molecule has 2 aromatic rings. The van der Waals surface area contributed by atoms with Crippen molar-refractivity contribution in [1.29, 1.82) is 0 Å². The van der Waals surface area contributed by atoms with E-state index in [0.29, 0.717) is 11.3 Å². The minimum Gasteiger partial charge on any atom is -0.478 e. The van der Waals surface area contributed by atoms with Crippen molar-refractivity contribution in [3.63, 3.8) is 0 Å². The van der Waals surface area contributed by atoms with Crippen molar-refractivity contribution in [3.8, 4) is 0 Å². The summed E-state index contributed by atoms with van der Waals surface area (Å²) in [5.41, 5.74) is 1.15. The van der Waals surface area contributed by atoms with Crippen LogP contribution in [0.1, 0.15) is 15.9 Å². The van der Waals surface area contributed by atoms with Crippen molar-refractivity contribution in [2.45, 2.75) is 6.92 Å². The van der Waals surface area contributed by atoms with Gasteiger partial charge in [0.1, 0.15) is 5.82 Å². The van der Waals surface area contributed by atoms with E-state index in [4.69, 9.17) is 5.11 Å². The summed E-state index contributed by atoms with van der Waals surface area (Å²) in [7, 11) is 0. The molecule has 2 aromatic carbocycles. The van der Waals surface area contributed by atoms with Gasteiger partial charge in [-0.3, -0.25) is 0 Å². The van der Waals surface area contributed by atoms with Crippen molar-refractivity contribution in [1.82, 2.24) is 0 Å². The van der Waals surface area contributed by atoms with E-state index >= 15 is 0 Å². The molecule has 0 saturated heterocycles. The van der Waals surface area contributed by atoms with Crippen molar-refractivity contribution in [2.75, 3.05) is 10.6 Å². The van der Waals surface area contributed by atoms with Crippen LogP contribution in [0.4, 0.5) is 20.6 Å². The summed E-state index contributed by atoms with van der Waals surface area (Å²) in [6.45, 7) is 1.73. The Morgan fingerprint density at radius 3 is 2.38 bits per heavy atom. The number of amides is 2. The second kappa shape index (κ2) is 6.04. The van der Waals surface area contributed by atoms with Crippen LogP contribution in [0.5, 0.6) is 0 Å². The Kier molecular flexibility index (Phi) is 4.18. The number of rotatable bonds is 3. The van der Waals surface area contributed by atoms with E-state index in [1.54, 1.807) is 19.1 Å². The van der Waals surface area contributed by atoms with Gasteiger partial charge < -0.3 is 15.7 Å². The number of benzene rings is 2. The molecule has 108 valence electrons. The number of carboxylic acids is 1. The Morgan fingerprint density at radius 1 is 1.05 bits per heavy atom. The Morgan fingerprint density at radius 2 is 1.71 bits per heavy atom. The fourth-order valence-corrected chi connectivity index (χ4v) is 1.73. The maximum Gasteiger partial charge on any atom is 0.335 e. The van der Waals surface area contributed by atoms with E-state index < -0.39 is 17.8 Å². The number of aryl methyl sites for hydroxylation is 1. The number of halogens is 1. The highest BCUT2D eigenvalue weighted by Crippen LogP contribution is 2.18. The topological polar surface area (TPSA) is 78.4 Å². The molecule has 0 aliphatic carbocycles. The van der Waals surface area contributed by atoms with Gasteiger partial charge in [-0.1, -0.05) is 18.2 Å². The smallest absolute Gasteiger partial charge is 0.335 e. The van der Waals surface area contributed by atoms with Gasteiger partial charge in [-0.05, 0) is 36.8 Å². The molecule has 2 amide bonds. The van der Waals surface area contributed by atoms with Crippen LogP contribution in [0.3, 0.4) is 0 Å². The van der Waals surface area contributed by atoms with Gasteiger partial charge in [0, 0.05) is 5.69 Å². The molecular formula is C15H13FN2O3. The molecule has 0 atom stereocenters. The first-order valence-electron chi connectivity index (χ1n) is 6.14. The third-order valence-corrected chi connectivity index (χ3v) is 2.85. The van der Waals surface area contributed by atoms with Crippen molar-refractivity contribution < 1.29 is 19.1 Å². The van der Waals surface area contributed by atoms with E-state index in [9.17, 15) is 14.0 Å². The van der Waals surface area contributed by atoms with Gasteiger partial charge in [-0.2, -0.15) is 0 Å². The van der Waals surface area contributed by atoms with Crippen LogP contribution >= 0.6 is 0 Å². The fraction of sp³-hybridized carbons (Fsp3) is 0.0667. The number of carbonyl (C=O) groups excluding carboxylic acids is 1. The quantitative estimate of drug-likeness (QED) is 0.809. The highest BCUT2D eigenvalue weighted by atomic mass is 19.1. The van der Waals surface area contributed by atoms with Gasteiger partial charge in [-0.15, -0.1) is 0 Å². The molecule has 0 saturated carbocycles. The second-order valence-corrected chi connectivity index (χ2v) is 4.39. The molecule has 3 N–H and O–H groups in total. The van der Waals surface area contributed by atoms with Crippen LogP contribution in [-0.4, -0.2) is 17.1 Å². The molecule has 5 nitrogen and oxygen atoms in total. The predicted octanol–water partition coefficient (Wildman–Crippen LogP) is 3.48. The Hall–Kier alpha value is -2.89. The lowest BCUT2D eigenvalue weighted by Crippen LogP contribution is -2.20. The standard InChI is InChI=1S/C15H13FN2O3/c1-9-6-7-10(14(19)20)8-13(9)18-15(21)17-12-5-3-2-4-11(12)16/h2-8H,1H3,(H,19,20)(H2,17,18,21). The molecule has 0 aliphatic rings. The Balaban J connectivity index is 2.15. The third kappa shape index (κ3) is 3.56. The van der Waals surface area contributed by atoms with Gasteiger partial charge in [-0.25, -0.2) is 14.0 Å². The van der Waals surface area contributed by atoms with Crippen LogP contribution in [0.15, 0.2) is 42.5 Å². The average molecular weight is 288 g/mol. The molecule has 0 radical (unpaired) electrons. The zero-order chi connectivity index (χ0) is 15.4. The van der Waals surface area contributed by atoms with Gasteiger partial charge in [0.25, 0.3) is 0 Å². The first kappa shape index (κ1) is 14.5. The first-order valence-corrected chi connectivity index (χ1v) is 6.14. The molecule has 0 fully saturated rings. The van der Waals surface area contributed by atoms with Crippen LogP contribution in [0.2, 0.25) is 0 Å². The van der Waals surface area contributed by atoms with Crippen LogP contribution in [0, 0.1) is 12.7 Å². The van der Waals surface area contributed by atoms with Crippen molar-refractivity contribution in [3.05, 3.63) is 59.4 Å². The average Bonchev–Trinajstić information content (AvgIpc) is 2.43. The summed E-state index contributed by atoms with van der Waals surface area (Å²) in [5, 5.41) is 13.8. The molecule has 0 unspecified atom stereocenters. The highest BCUT2D eigenvalue weighted by molar-refractivity contribution is 6.01. The zero-order valence-electron chi connectivity index (χ0n) is 11.2. The van der Waals surface area contributed by atoms with Gasteiger partial charge >= 0.3 is 12.0 Å². The molecule has 0 aliphatic heterocycles. The second-order valence-electron chi connectivity index (χ2n) is 4.39. The summed E-state index contributed by atoms with van der Waals surface area (Å²) >= 11 is 0. The minimum absolute atomic E-state index is 0.0436. The summed E-state index contributed by atoms with van der Waals surface area (Å²) in [5.74, 6) is -1.64. The predicted molar refractivity (Wildman–Crippen MR) is 77.2 cm³/mol. The monoisotopic (exact) mass is 288 g/mol. The van der Waals surface area contributed by atoms with E-state index in [-0.39, 0.29) is 11.3 Å². The summed E-state index contributed by atoms with van der Waals surface area (Å²) in [4.78, 5) is 22.7. The number of anilines is 2. The molecule has 0 bridgehead atoms. The number of para-hydroxylation sites is 1. The van der Waals surface area contributed by atoms with Crippen LogP contribution < -0.4 is 10.6 Å². The largest absolute Gasteiger partial charge is 0.478 e. The van der Waals surface area contributed by atoms with Gasteiger partial charge in [0.05, 0.1) is 11.3 Å². The fourth-order valence-electron chi connectivity index (χ4n) is 1.73. The summed E-state index contributed by atoms with van der Waals surface area (Å²) < 4.78 is 13.4.